The molecule has 1 aliphatic heterocycles. The normalized spacial score (nSPS) is 27.9. The molecule has 0 bridgehead atoms. The summed E-state index contributed by atoms with van der Waals surface area (Å²) in [7, 11) is 0. The minimum Gasteiger partial charge on any atom is -0.396 e. The van der Waals surface area contributed by atoms with Crippen molar-refractivity contribution < 1.29 is 4.74 Å². The quantitative estimate of drug-likeness (QED) is 0.736. The van der Waals surface area contributed by atoms with Gasteiger partial charge in [0.25, 0.3) is 0 Å². The molecule has 1 aromatic heterocycles. The van der Waals surface area contributed by atoms with Crippen LogP contribution in [0.5, 0.6) is 0 Å². The predicted molar refractivity (Wildman–Crippen MR) is 55.0 cm³/mol. The van der Waals surface area contributed by atoms with E-state index in [9.17, 15) is 0 Å². The summed E-state index contributed by atoms with van der Waals surface area (Å²) < 4.78 is 7.45. The minimum atomic E-state index is 0.445. The smallest absolute Gasteiger partial charge is 0.0730 e. The van der Waals surface area contributed by atoms with E-state index in [2.05, 4.69) is 12.0 Å². The van der Waals surface area contributed by atoms with Gasteiger partial charge in [-0.3, -0.25) is 4.68 Å². The zero-order valence-electron chi connectivity index (χ0n) is 8.73. The Kier molecular flexibility index (Phi) is 2.46. The molecule has 0 spiro atoms. The highest BCUT2D eigenvalue weighted by molar-refractivity contribution is 5.39. The highest BCUT2D eigenvalue weighted by Gasteiger charge is 2.25. The molecule has 2 heterocycles. The van der Waals surface area contributed by atoms with Gasteiger partial charge in [0.1, 0.15) is 0 Å². The maximum Gasteiger partial charge on any atom is 0.0730 e. The third kappa shape index (κ3) is 1.50. The van der Waals surface area contributed by atoms with Crippen molar-refractivity contribution in [2.45, 2.75) is 26.3 Å². The molecule has 1 aliphatic rings. The summed E-state index contributed by atoms with van der Waals surface area (Å²) in [5.74, 6) is 0.516. The monoisotopic (exact) mass is 195 g/mol. The van der Waals surface area contributed by atoms with Crippen LogP contribution in [0.2, 0.25) is 0 Å². The van der Waals surface area contributed by atoms with Gasteiger partial charge in [0.2, 0.25) is 0 Å². The van der Waals surface area contributed by atoms with Gasteiger partial charge in [-0.25, -0.2) is 0 Å². The number of hydrogen-bond acceptors (Lipinski definition) is 3. The first-order valence-electron chi connectivity index (χ1n) is 5.07. The van der Waals surface area contributed by atoms with Gasteiger partial charge in [0.05, 0.1) is 30.2 Å². The summed E-state index contributed by atoms with van der Waals surface area (Å²) in [6.07, 6.45) is 2.76. The van der Waals surface area contributed by atoms with Crippen molar-refractivity contribution in [3.8, 4) is 0 Å². The molecule has 4 nitrogen and oxygen atoms in total. The summed E-state index contributed by atoms with van der Waals surface area (Å²) in [6.45, 7) is 5.86. The molecule has 78 valence electrons. The van der Waals surface area contributed by atoms with Gasteiger partial charge in [-0.15, -0.1) is 0 Å². The molecular formula is C10H17N3O. The van der Waals surface area contributed by atoms with E-state index in [1.807, 2.05) is 11.6 Å². The Morgan fingerprint density at radius 1 is 1.64 bits per heavy atom. The van der Waals surface area contributed by atoms with Crippen molar-refractivity contribution in [2.75, 3.05) is 18.9 Å². The largest absolute Gasteiger partial charge is 0.396 e. The molecule has 0 aliphatic carbocycles. The van der Waals surface area contributed by atoms with Crippen molar-refractivity contribution in [3.05, 3.63) is 11.9 Å². The van der Waals surface area contributed by atoms with Gasteiger partial charge < -0.3 is 10.5 Å². The first-order valence-corrected chi connectivity index (χ1v) is 5.07. The van der Waals surface area contributed by atoms with Crippen molar-refractivity contribution in [2.24, 2.45) is 5.92 Å². The van der Waals surface area contributed by atoms with E-state index in [0.29, 0.717) is 12.0 Å². The van der Waals surface area contributed by atoms with Crippen LogP contribution in [0.15, 0.2) is 6.20 Å². The van der Waals surface area contributed by atoms with Crippen molar-refractivity contribution in [1.82, 2.24) is 9.78 Å². The molecule has 2 N–H and O–H groups in total. The van der Waals surface area contributed by atoms with Crippen LogP contribution < -0.4 is 5.73 Å². The molecule has 4 heteroatoms. The second kappa shape index (κ2) is 3.61. The molecule has 1 fully saturated rings. The Morgan fingerprint density at radius 3 is 3.00 bits per heavy atom. The Labute approximate surface area is 84.0 Å². The lowest BCUT2D eigenvalue weighted by molar-refractivity contribution is 0.0244. The lowest BCUT2D eigenvalue weighted by atomic mass is 9.98. The lowest BCUT2D eigenvalue weighted by Gasteiger charge is -2.29. The molecule has 0 aromatic carbocycles. The molecule has 0 saturated carbocycles. The van der Waals surface area contributed by atoms with Crippen LogP contribution in [0.4, 0.5) is 5.69 Å². The van der Waals surface area contributed by atoms with Crippen molar-refractivity contribution >= 4 is 5.69 Å². The number of rotatable bonds is 1. The zero-order valence-corrected chi connectivity index (χ0v) is 8.73. The number of nitrogens with zero attached hydrogens (tertiary/aromatic N) is 2. The fraction of sp³-hybridized carbons (Fsp3) is 0.700. The summed E-state index contributed by atoms with van der Waals surface area (Å²) in [6, 6.07) is 0.445. The summed E-state index contributed by atoms with van der Waals surface area (Å²) >= 11 is 0. The average molecular weight is 195 g/mol. The molecule has 0 radical (unpaired) electrons. The highest BCUT2D eigenvalue weighted by Crippen LogP contribution is 2.28. The van der Waals surface area contributed by atoms with Crippen LogP contribution in [0, 0.1) is 12.8 Å². The maximum absolute atomic E-state index is 5.78. The number of ether oxygens (including phenoxy) is 1. The van der Waals surface area contributed by atoms with E-state index in [4.69, 9.17) is 10.5 Å². The van der Waals surface area contributed by atoms with E-state index in [1.165, 1.54) is 0 Å². The van der Waals surface area contributed by atoms with Crippen LogP contribution in [0.1, 0.15) is 25.1 Å². The zero-order chi connectivity index (χ0) is 10.1. The summed E-state index contributed by atoms with van der Waals surface area (Å²) in [5.41, 5.74) is 7.63. The number of nitrogens with two attached hydrogens (primary N) is 1. The Morgan fingerprint density at radius 2 is 2.43 bits per heavy atom. The summed E-state index contributed by atoms with van der Waals surface area (Å²) in [4.78, 5) is 0. The van der Waals surface area contributed by atoms with E-state index in [-0.39, 0.29) is 0 Å². The second-order valence-electron chi connectivity index (χ2n) is 4.04. The molecule has 1 aromatic rings. The first kappa shape index (κ1) is 9.52. The van der Waals surface area contributed by atoms with E-state index >= 15 is 0 Å². The molecule has 0 amide bonds. The van der Waals surface area contributed by atoms with Crippen molar-refractivity contribution in [1.29, 1.82) is 0 Å². The molecular weight excluding hydrogens is 178 g/mol. The molecule has 2 unspecified atom stereocenters. The lowest BCUT2D eigenvalue weighted by Crippen LogP contribution is -2.29. The fourth-order valence-corrected chi connectivity index (χ4v) is 2.00. The Balaban J connectivity index is 2.24. The standard InChI is InChI=1S/C10H17N3O/c1-7-6-14-4-3-10(7)13-8(2)9(11)5-12-13/h5,7,10H,3-4,6,11H2,1-2H3. The van der Waals surface area contributed by atoms with Gasteiger partial charge in [-0.1, -0.05) is 6.92 Å². The third-order valence-corrected chi connectivity index (χ3v) is 2.99. The summed E-state index contributed by atoms with van der Waals surface area (Å²) in [5, 5.41) is 4.33. The Bertz CT molecular complexity index is 321. The molecule has 2 atom stereocenters. The number of anilines is 1. The number of hydrogen-bond donors (Lipinski definition) is 1. The van der Waals surface area contributed by atoms with E-state index in [1.54, 1.807) is 6.20 Å². The van der Waals surface area contributed by atoms with Crippen LogP contribution in [-0.4, -0.2) is 23.0 Å². The van der Waals surface area contributed by atoms with Gasteiger partial charge in [0.15, 0.2) is 0 Å². The fourth-order valence-electron chi connectivity index (χ4n) is 2.00. The van der Waals surface area contributed by atoms with E-state index < -0.39 is 0 Å². The van der Waals surface area contributed by atoms with Gasteiger partial charge in [-0.2, -0.15) is 5.10 Å². The van der Waals surface area contributed by atoms with Crippen LogP contribution in [0.3, 0.4) is 0 Å². The number of aromatic nitrogens is 2. The topological polar surface area (TPSA) is 53.1 Å². The average Bonchev–Trinajstić information content (AvgIpc) is 2.49. The predicted octanol–water partition coefficient (Wildman–Crippen LogP) is 1.37. The van der Waals surface area contributed by atoms with Crippen molar-refractivity contribution in [3.63, 3.8) is 0 Å². The molecule has 2 rings (SSSR count). The third-order valence-electron chi connectivity index (χ3n) is 2.99. The minimum absolute atomic E-state index is 0.445. The SMILES string of the molecule is Cc1c(N)cnn1C1CCOCC1C. The highest BCUT2D eigenvalue weighted by atomic mass is 16.5. The first-order chi connectivity index (χ1) is 6.70. The van der Waals surface area contributed by atoms with E-state index in [0.717, 1.165) is 31.0 Å². The van der Waals surface area contributed by atoms with Gasteiger partial charge in [0, 0.05) is 12.5 Å². The Hall–Kier alpha value is -1.03. The second-order valence-corrected chi connectivity index (χ2v) is 4.04. The maximum atomic E-state index is 5.78. The molecule has 14 heavy (non-hydrogen) atoms. The van der Waals surface area contributed by atoms with Gasteiger partial charge in [-0.05, 0) is 13.3 Å². The van der Waals surface area contributed by atoms with Gasteiger partial charge >= 0.3 is 0 Å². The molecule has 1 saturated heterocycles. The number of nitrogen functional groups attached to an aromatic ring is 1. The van der Waals surface area contributed by atoms with Crippen LogP contribution in [0.25, 0.3) is 0 Å². The van der Waals surface area contributed by atoms with Crippen LogP contribution in [-0.2, 0) is 4.74 Å². The van der Waals surface area contributed by atoms with Crippen LogP contribution >= 0.6 is 0 Å².